The minimum absolute atomic E-state index is 0.211. The minimum atomic E-state index is -1.15. The second-order valence-electron chi connectivity index (χ2n) is 5.84. The lowest BCUT2D eigenvalue weighted by atomic mass is 9.97. The van der Waals surface area contributed by atoms with Crippen LogP contribution in [-0.4, -0.2) is 0 Å². The Bertz CT molecular complexity index is 955. The first-order chi connectivity index (χ1) is 11.5. The zero-order chi connectivity index (χ0) is 16.8. The Morgan fingerprint density at radius 2 is 1.67 bits per heavy atom. The molecule has 0 saturated carbocycles. The summed E-state index contributed by atoms with van der Waals surface area (Å²) in [7, 11) is 0. The van der Waals surface area contributed by atoms with E-state index in [-0.39, 0.29) is 10.8 Å². The first-order valence-corrected chi connectivity index (χ1v) is 9.22. The average Bonchev–Trinajstić information content (AvgIpc) is 2.57. The highest BCUT2D eigenvalue weighted by Crippen LogP contribution is 2.47. The second-order valence-corrected chi connectivity index (χ2v) is 8.00. The van der Waals surface area contributed by atoms with Crippen LogP contribution in [0.2, 0.25) is 0 Å². The van der Waals surface area contributed by atoms with Crippen LogP contribution in [0, 0.1) is 17.5 Å². The van der Waals surface area contributed by atoms with Gasteiger partial charge in [0.25, 0.3) is 0 Å². The van der Waals surface area contributed by atoms with Crippen LogP contribution in [0.15, 0.2) is 51.8 Å². The van der Waals surface area contributed by atoms with E-state index in [0.717, 1.165) is 27.2 Å². The highest BCUT2D eigenvalue weighted by molar-refractivity contribution is 9.10. The maximum Gasteiger partial charge on any atom is 0.161 e. The number of aryl methyl sites for hydroxylation is 1. The number of benzene rings is 3. The number of rotatable bonds is 1. The van der Waals surface area contributed by atoms with Crippen molar-refractivity contribution in [2.24, 2.45) is 0 Å². The first kappa shape index (κ1) is 16.0. The smallest absolute Gasteiger partial charge is 0.161 e. The maximum atomic E-state index is 14.1. The fourth-order valence-electron chi connectivity index (χ4n) is 3.19. The lowest BCUT2D eigenvalue weighted by Crippen LogP contribution is -2.08. The summed E-state index contributed by atoms with van der Waals surface area (Å²) in [4.78, 5) is 1.07. The molecule has 4 rings (SSSR count). The number of thioether (sulfide) groups is 1. The Labute approximate surface area is 150 Å². The second kappa shape index (κ2) is 6.12. The number of hydrogen-bond acceptors (Lipinski definition) is 1. The van der Waals surface area contributed by atoms with Gasteiger partial charge in [0, 0.05) is 26.2 Å². The fraction of sp³-hybridized carbons (Fsp3) is 0.158. The van der Waals surface area contributed by atoms with E-state index in [4.69, 9.17) is 0 Å². The lowest BCUT2D eigenvalue weighted by molar-refractivity contribution is 0.488. The molecule has 0 spiro atoms. The van der Waals surface area contributed by atoms with Gasteiger partial charge >= 0.3 is 0 Å². The molecule has 3 aromatic rings. The van der Waals surface area contributed by atoms with E-state index in [9.17, 15) is 13.2 Å². The van der Waals surface area contributed by atoms with E-state index in [1.54, 1.807) is 0 Å². The summed E-state index contributed by atoms with van der Waals surface area (Å²) in [5.74, 6) is -2.83. The van der Waals surface area contributed by atoms with Crippen LogP contribution in [-0.2, 0) is 6.42 Å². The summed E-state index contributed by atoms with van der Waals surface area (Å²) in [6, 6.07) is 11.9. The van der Waals surface area contributed by atoms with E-state index in [2.05, 4.69) is 28.1 Å². The average molecular weight is 409 g/mol. The molecule has 5 heteroatoms. The molecule has 0 amide bonds. The van der Waals surface area contributed by atoms with Crippen molar-refractivity contribution in [3.8, 4) is 0 Å². The van der Waals surface area contributed by atoms with E-state index < -0.39 is 17.5 Å². The summed E-state index contributed by atoms with van der Waals surface area (Å²) in [6.07, 6.45) is 1.46. The van der Waals surface area contributed by atoms with Crippen molar-refractivity contribution in [2.45, 2.75) is 23.0 Å². The van der Waals surface area contributed by atoms with Crippen molar-refractivity contribution in [2.75, 3.05) is 0 Å². The Morgan fingerprint density at radius 1 is 0.917 bits per heavy atom. The van der Waals surface area contributed by atoms with Crippen LogP contribution >= 0.6 is 27.7 Å². The Kier molecular flexibility index (Phi) is 4.09. The van der Waals surface area contributed by atoms with Crippen LogP contribution in [0.4, 0.5) is 13.2 Å². The van der Waals surface area contributed by atoms with Gasteiger partial charge in [-0.05, 0) is 53.4 Å². The van der Waals surface area contributed by atoms with Crippen LogP contribution in [0.25, 0.3) is 10.8 Å². The molecule has 1 unspecified atom stereocenters. The third-order valence-electron chi connectivity index (χ3n) is 4.36. The van der Waals surface area contributed by atoms with Gasteiger partial charge in [0.1, 0.15) is 5.82 Å². The summed E-state index contributed by atoms with van der Waals surface area (Å²) >= 11 is 5.01. The molecule has 0 aliphatic carbocycles. The van der Waals surface area contributed by atoms with Crippen molar-refractivity contribution in [1.29, 1.82) is 0 Å². The number of hydrogen-bond donors (Lipinski definition) is 0. The molecule has 122 valence electrons. The molecule has 0 N–H and O–H groups in total. The minimum Gasteiger partial charge on any atom is -0.207 e. The van der Waals surface area contributed by atoms with Crippen LogP contribution < -0.4 is 0 Å². The third kappa shape index (κ3) is 2.74. The topological polar surface area (TPSA) is 0 Å². The van der Waals surface area contributed by atoms with Crippen LogP contribution in [0.5, 0.6) is 0 Å². The van der Waals surface area contributed by atoms with E-state index in [0.29, 0.717) is 12.5 Å². The lowest BCUT2D eigenvalue weighted by Gasteiger charge is -2.26. The fourth-order valence-corrected chi connectivity index (χ4v) is 4.91. The molecule has 0 aromatic heterocycles. The normalized spacial score (nSPS) is 17.1. The van der Waals surface area contributed by atoms with Gasteiger partial charge < -0.3 is 0 Å². The molecule has 1 atom stereocenters. The Balaban J connectivity index is 1.76. The van der Waals surface area contributed by atoms with Gasteiger partial charge in [-0.25, -0.2) is 13.2 Å². The highest BCUT2D eigenvalue weighted by atomic mass is 79.9. The molecule has 0 radical (unpaired) electrons. The number of halogens is 4. The van der Waals surface area contributed by atoms with Gasteiger partial charge in [-0.15, -0.1) is 11.8 Å². The summed E-state index contributed by atoms with van der Waals surface area (Å²) in [5, 5.41) is 2.13. The predicted octanol–water partition coefficient (Wildman–Crippen LogP) is 6.80. The molecular formula is C19H12BrF3S. The van der Waals surface area contributed by atoms with Crippen molar-refractivity contribution in [3.05, 3.63) is 75.5 Å². The molecule has 1 aliphatic rings. The molecule has 1 heterocycles. The van der Waals surface area contributed by atoms with Gasteiger partial charge in [0.15, 0.2) is 11.6 Å². The Hall–Kier alpha value is -1.46. The van der Waals surface area contributed by atoms with Crippen LogP contribution in [0.1, 0.15) is 22.8 Å². The molecule has 0 bridgehead atoms. The molecule has 1 aliphatic heterocycles. The summed E-state index contributed by atoms with van der Waals surface area (Å²) in [5.41, 5.74) is 1.47. The quantitative estimate of drug-likeness (QED) is 0.399. The summed E-state index contributed by atoms with van der Waals surface area (Å²) < 4.78 is 41.7. The first-order valence-electron chi connectivity index (χ1n) is 7.55. The van der Waals surface area contributed by atoms with Crippen molar-refractivity contribution in [3.63, 3.8) is 0 Å². The zero-order valence-corrected chi connectivity index (χ0v) is 14.9. The monoisotopic (exact) mass is 408 g/mol. The van der Waals surface area contributed by atoms with Crippen molar-refractivity contribution in [1.82, 2.24) is 0 Å². The maximum absolute atomic E-state index is 14.1. The van der Waals surface area contributed by atoms with Crippen molar-refractivity contribution >= 4 is 38.5 Å². The highest BCUT2D eigenvalue weighted by Gasteiger charge is 2.26. The number of fused-ring (bicyclic) bond motifs is 3. The molecule has 24 heavy (non-hydrogen) atoms. The predicted molar refractivity (Wildman–Crippen MR) is 94.9 cm³/mol. The van der Waals surface area contributed by atoms with Gasteiger partial charge in [0.2, 0.25) is 0 Å². The van der Waals surface area contributed by atoms with Gasteiger partial charge in [-0.2, -0.15) is 0 Å². The van der Waals surface area contributed by atoms with Gasteiger partial charge in [0.05, 0.1) is 0 Å². The largest absolute Gasteiger partial charge is 0.207 e. The van der Waals surface area contributed by atoms with Crippen LogP contribution in [0.3, 0.4) is 0 Å². The third-order valence-corrected chi connectivity index (χ3v) is 6.27. The van der Waals surface area contributed by atoms with E-state index in [1.807, 2.05) is 18.2 Å². The van der Waals surface area contributed by atoms with Crippen molar-refractivity contribution < 1.29 is 13.2 Å². The summed E-state index contributed by atoms with van der Waals surface area (Å²) in [6.45, 7) is 0. The standard InChI is InChI=1S/C19H12BrF3S/c20-11-3-1-10-2-5-18-12(13(10)7-11)4-6-19(24-18)14-8-16(22)17(23)9-15(14)21/h1-3,5,7-9,19H,4,6H2. The zero-order valence-electron chi connectivity index (χ0n) is 12.5. The van der Waals surface area contributed by atoms with Gasteiger partial charge in [-0.3, -0.25) is 0 Å². The van der Waals surface area contributed by atoms with E-state index >= 15 is 0 Å². The SMILES string of the molecule is Fc1cc(F)c(C2CCc3c(ccc4ccc(Br)cc34)S2)cc1F. The molecular weight excluding hydrogens is 397 g/mol. The molecule has 0 nitrogen and oxygen atoms in total. The van der Waals surface area contributed by atoms with Gasteiger partial charge in [-0.1, -0.05) is 28.1 Å². The molecule has 3 aromatic carbocycles. The van der Waals surface area contributed by atoms with E-state index in [1.165, 1.54) is 22.7 Å². The Morgan fingerprint density at radius 3 is 2.50 bits per heavy atom. The molecule has 0 saturated heterocycles. The molecule has 0 fully saturated rings.